The Bertz CT molecular complexity index is 391. The summed E-state index contributed by atoms with van der Waals surface area (Å²) in [5.74, 6) is -0.835. The molecule has 0 spiro atoms. The summed E-state index contributed by atoms with van der Waals surface area (Å²) in [6, 6.07) is 2.46. The van der Waals surface area contributed by atoms with Gasteiger partial charge in [-0.25, -0.2) is 4.98 Å². The molecule has 1 aromatic heterocycles. The molecule has 1 heterocycles. The average molecular weight is 208 g/mol. The van der Waals surface area contributed by atoms with Crippen molar-refractivity contribution in [3.8, 4) is 0 Å². The van der Waals surface area contributed by atoms with Gasteiger partial charge in [-0.1, -0.05) is 0 Å². The van der Waals surface area contributed by atoms with E-state index in [1.165, 1.54) is 13.1 Å². The van der Waals surface area contributed by atoms with Crippen LogP contribution < -0.4 is 11.1 Å². The van der Waals surface area contributed by atoms with Crippen LogP contribution in [0.2, 0.25) is 0 Å². The number of carbonyl (C=O) groups is 1. The Hall–Kier alpha value is -2.11. The quantitative estimate of drug-likeness (QED) is 0.418. The van der Waals surface area contributed by atoms with Crippen LogP contribution in [0.15, 0.2) is 18.3 Å². The minimum Gasteiger partial charge on any atom is -0.480 e. The fourth-order valence-electron chi connectivity index (χ4n) is 1.00. The molecule has 1 rings (SSSR count). The maximum absolute atomic E-state index is 10.6. The summed E-state index contributed by atoms with van der Waals surface area (Å²) in [4.78, 5) is 14.5. The predicted octanol–water partition coefficient (Wildman–Crippen LogP) is 0.251. The van der Waals surface area contributed by atoms with Crippen molar-refractivity contribution in [2.45, 2.75) is 13.0 Å². The highest BCUT2D eigenvalue weighted by molar-refractivity contribution is 5.99. The Morgan fingerprint density at radius 2 is 2.40 bits per heavy atom. The SMILES string of the molecule is CC(Nc1ncccc1C(=N)N)C(=O)O. The van der Waals surface area contributed by atoms with Crippen molar-refractivity contribution < 1.29 is 9.90 Å². The second-order valence-electron chi connectivity index (χ2n) is 3.02. The summed E-state index contributed by atoms with van der Waals surface area (Å²) in [6.45, 7) is 1.49. The number of nitrogen functional groups attached to an aromatic ring is 1. The van der Waals surface area contributed by atoms with Gasteiger partial charge in [0, 0.05) is 6.20 Å². The van der Waals surface area contributed by atoms with Crippen molar-refractivity contribution in [2.24, 2.45) is 5.73 Å². The first kappa shape index (κ1) is 11.0. The topological polar surface area (TPSA) is 112 Å². The van der Waals surface area contributed by atoms with Crippen LogP contribution in [0.25, 0.3) is 0 Å². The Kier molecular flexibility index (Phi) is 3.22. The highest BCUT2D eigenvalue weighted by atomic mass is 16.4. The van der Waals surface area contributed by atoms with Crippen molar-refractivity contribution in [3.05, 3.63) is 23.9 Å². The fourth-order valence-corrected chi connectivity index (χ4v) is 1.00. The number of carboxylic acid groups (broad SMARTS) is 1. The second-order valence-corrected chi connectivity index (χ2v) is 3.02. The molecule has 6 heteroatoms. The number of nitrogens with zero attached hydrogens (tertiary/aromatic N) is 1. The smallest absolute Gasteiger partial charge is 0.325 e. The van der Waals surface area contributed by atoms with Crippen LogP contribution in [0.5, 0.6) is 0 Å². The van der Waals surface area contributed by atoms with Crippen LogP contribution in [0.3, 0.4) is 0 Å². The van der Waals surface area contributed by atoms with Crippen LogP contribution in [0, 0.1) is 5.41 Å². The Balaban J connectivity index is 2.94. The number of anilines is 1. The van der Waals surface area contributed by atoms with Gasteiger partial charge < -0.3 is 16.2 Å². The number of aliphatic carboxylic acids is 1. The molecule has 0 radical (unpaired) electrons. The molecule has 6 nitrogen and oxygen atoms in total. The van der Waals surface area contributed by atoms with E-state index in [-0.39, 0.29) is 5.84 Å². The monoisotopic (exact) mass is 208 g/mol. The van der Waals surface area contributed by atoms with Gasteiger partial charge in [-0.3, -0.25) is 10.2 Å². The van der Waals surface area contributed by atoms with E-state index in [0.29, 0.717) is 11.4 Å². The standard InChI is InChI=1S/C9H12N4O2/c1-5(9(14)15)13-8-6(7(10)11)3-2-4-12-8/h2-5H,1H3,(H3,10,11)(H,12,13)(H,14,15). The molecule has 0 bridgehead atoms. The largest absolute Gasteiger partial charge is 0.480 e. The molecule has 5 N–H and O–H groups in total. The highest BCUT2D eigenvalue weighted by Gasteiger charge is 2.13. The number of nitrogens with two attached hydrogens (primary N) is 1. The first-order valence-corrected chi connectivity index (χ1v) is 4.31. The molecule has 0 aromatic carbocycles. The van der Waals surface area contributed by atoms with E-state index in [1.807, 2.05) is 0 Å². The van der Waals surface area contributed by atoms with Crippen molar-refractivity contribution in [1.82, 2.24) is 4.98 Å². The molecule has 1 unspecified atom stereocenters. The lowest BCUT2D eigenvalue weighted by Gasteiger charge is -2.12. The number of hydrogen-bond donors (Lipinski definition) is 4. The van der Waals surface area contributed by atoms with E-state index in [2.05, 4.69) is 10.3 Å². The zero-order valence-corrected chi connectivity index (χ0v) is 8.19. The fraction of sp³-hybridized carbons (Fsp3) is 0.222. The molecule has 0 amide bonds. The van der Waals surface area contributed by atoms with Crippen molar-refractivity contribution in [1.29, 1.82) is 5.41 Å². The molecule has 15 heavy (non-hydrogen) atoms. The summed E-state index contributed by atoms with van der Waals surface area (Å²) in [5, 5.41) is 18.6. The van der Waals surface area contributed by atoms with Crippen LogP contribution in [-0.2, 0) is 4.79 Å². The van der Waals surface area contributed by atoms with Gasteiger partial charge in [0.15, 0.2) is 0 Å². The first-order valence-electron chi connectivity index (χ1n) is 4.31. The number of nitrogens with one attached hydrogen (secondary N) is 2. The van der Waals surface area contributed by atoms with E-state index in [4.69, 9.17) is 16.2 Å². The van der Waals surface area contributed by atoms with E-state index in [0.717, 1.165) is 0 Å². The normalized spacial score (nSPS) is 11.8. The van der Waals surface area contributed by atoms with E-state index >= 15 is 0 Å². The number of amidine groups is 1. The maximum atomic E-state index is 10.6. The minimum absolute atomic E-state index is 0.150. The van der Waals surface area contributed by atoms with E-state index in [1.54, 1.807) is 12.1 Å². The lowest BCUT2D eigenvalue weighted by molar-refractivity contribution is -0.137. The summed E-state index contributed by atoms with van der Waals surface area (Å²) in [6.07, 6.45) is 1.50. The summed E-state index contributed by atoms with van der Waals surface area (Å²) >= 11 is 0. The minimum atomic E-state index is -0.991. The summed E-state index contributed by atoms with van der Waals surface area (Å²) in [5.41, 5.74) is 5.72. The molecule has 0 saturated carbocycles. The predicted molar refractivity (Wildman–Crippen MR) is 56.0 cm³/mol. The van der Waals surface area contributed by atoms with Crippen molar-refractivity contribution in [2.75, 3.05) is 5.32 Å². The molecule has 0 aliphatic carbocycles. The van der Waals surface area contributed by atoms with Crippen LogP contribution >= 0.6 is 0 Å². The second kappa shape index (κ2) is 4.41. The molecule has 0 saturated heterocycles. The van der Waals surface area contributed by atoms with Gasteiger partial charge in [0.2, 0.25) is 0 Å². The zero-order valence-electron chi connectivity index (χ0n) is 8.19. The van der Waals surface area contributed by atoms with E-state index < -0.39 is 12.0 Å². The number of aromatic nitrogens is 1. The third-order valence-electron chi connectivity index (χ3n) is 1.82. The summed E-state index contributed by atoms with van der Waals surface area (Å²) < 4.78 is 0. The molecular formula is C9H12N4O2. The number of rotatable bonds is 4. The Morgan fingerprint density at radius 3 is 2.93 bits per heavy atom. The van der Waals surface area contributed by atoms with Crippen LogP contribution in [0.4, 0.5) is 5.82 Å². The van der Waals surface area contributed by atoms with Gasteiger partial charge in [0.1, 0.15) is 17.7 Å². The number of carboxylic acids is 1. The number of pyridine rings is 1. The summed E-state index contributed by atoms with van der Waals surface area (Å²) in [7, 11) is 0. The molecule has 0 aliphatic rings. The van der Waals surface area contributed by atoms with E-state index in [9.17, 15) is 4.79 Å². The first-order chi connectivity index (χ1) is 7.02. The molecular weight excluding hydrogens is 196 g/mol. The molecule has 0 fully saturated rings. The lowest BCUT2D eigenvalue weighted by Crippen LogP contribution is -2.27. The van der Waals surface area contributed by atoms with Gasteiger partial charge in [0.05, 0.1) is 5.56 Å². The van der Waals surface area contributed by atoms with Gasteiger partial charge >= 0.3 is 5.97 Å². The maximum Gasteiger partial charge on any atom is 0.325 e. The zero-order chi connectivity index (χ0) is 11.4. The van der Waals surface area contributed by atoms with Gasteiger partial charge in [0.25, 0.3) is 0 Å². The Morgan fingerprint density at radius 1 is 1.73 bits per heavy atom. The molecule has 1 aromatic rings. The lowest BCUT2D eigenvalue weighted by atomic mass is 10.2. The van der Waals surface area contributed by atoms with Crippen molar-refractivity contribution >= 4 is 17.6 Å². The molecule has 1 atom stereocenters. The Labute approximate surface area is 86.6 Å². The molecule has 0 aliphatic heterocycles. The van der Waals surface area contributed by atoms with Gasteiger partial charge in [-0.05, 0) is 19.1 Å². The van der Waals surface area contributed by atoms with Crippen molar-refractivity contribution in [3.63, 3.8) is 0 Å². The third-order valence-corrected chi connectivity index (χ3v) is 1.82. The highest BCUT2D eigenvalue weighted by Crippen LogP contribution is 2.11. The third kappa shape index (κ3) is 2.67. The average Bonchev–Trinajstić information content (AvgIpc) is 2.18. The number of hydrogen-bond acceptors (Lipinski definition) is 4. The molecule has 80 valence electrons. The van der Waals surface area contributed by atoms with Gasteiger partial charge in [-0.2, -0.15) is 0 Å². The van der Waals surface area contributed by atoms with Gasteiger partial charge in [-0.15, -0.1) is 0 Å². The van der Waals surface area contributed by atoms with Crippen LogP contribution in [0.1, 0.15) is 12.5 Å². The van der Waals surface area contributed by atoms with Crippen LogP contribution in [-0.4, -0.2) is 27.9 Å².